The Bertz CT molecular complexity index is 385. The number of anilines is 2. The molecule has 1 atom stereocenters. The summed E-state index contributed by atoms with van der Waals surface area (Å²) < 4.78 is 11.0. The Labute approximate surface area is 104 Å². The SMILES string of the molecule is CCCc1c(NN)ncnc1NCCS(C)=O. The highest BCUT2D eigenvalue weighted by Crippen LogP contribution is 2.20. The molecular formula is C10H19N5OS. The van der Waals surface area contributed by atoms with E-state index in [9.17, 15) is 4.21 Å². The molecular weight excluding hydrogens is 238 g/mol. The molecule has 7 heteroatoms. The highest BCUT2D eigenvalue weighted by molar-refractivity contribution is 7.84. The quantitative estimate of drug-likeness (QED) is 0.487. The molecule has 1 unspecified atom stereocenters. The van der Waals surface area contributed by atoms with E-state index in [4.69, 9.17) is 5.84 Å². The molecule has 4 N–H and O–H groups in total. The second kappa shape index (κ2) is 7.18. The summed E-state index contributed by atoms with van der Waals surface area (Å²) in [6, 6.07) is 0. The second-order valence-corrected chi connectivity index (χ2v) is 5.20. The van der Waals surface area contributed by atoms with Gasteiger partial charge >= 0.3 is 0 Å². The fraction of sp³-hybridized carbons (Fsp3) is 0.600. The summed E-state index contributed by atoms with van der Waals surface area (Å²) >= 11 is 0. The molecule has 0 bridgehead atoms. The van der Waals surface area contributed by atoms with Crippen molar-refractivity contribution >= 4 is 22.4 Å². The van der Waals surface area contributed by atoms with Crippen molar-refractivity contribution in [2.45, 2.75) is 19.8 Å². The fourth-order valence-corrected chi connectivity index (χ4v) is 1.88. The molecule has 1 aromatic heterocycles. The van der Waals surface area contributed by atoms with E-state index in [1.807, 2.05) is 0 Å². The van der Waals surface area contributed by atoms with Gasteiger partial charge in [-0.15, -0.1) is 0 Å². The van der Waals surface area contributed by atoms with Crippen molar-refractivity contribution in [3.05, 3.63) is 11.9 Å². The third-order valence-electron chi connectivity index (χ3n) is 2.26. The Morgan fingerprint density at radius 3 is 2.71 bits per heavy atom. The van der Waals surface area contributed by atoms with Crippen molar-refractivity contribution in [3.8, 4) is 0 Å². The van der Waals surface area contributed by atoms with Gasteiger partial charge in [0.05, 0.1) is 0 Å². The van der Waals surface area contributed by atoms with Crippen LogP contribution in [-0.2, 0) is 17.2 Å². The molecule has 1 aromatic rings. The zero-order chi connectivity index (χ0) is 12.7. The number of nitrogens with one attached hydrogen (secondary N) is 2. The first-order valence-electron chi connectivity index (χ1n) is 5.53. The number of nitrogens with zero attached hydrogens (tertiary/aromatic N) is 2. The van der Waals surface area contributed by atoms with Crippen LogP contribution in [-0.4, -0.2) is 32.7 Å². The summed E-state index contributed by atoms with van der Waals surface area (Å²) in [5, 5.41) is 3.16. The van der Waals surface area contributed by atoms with Crippen molar-refractivity contribution in [3.63, 3.8) is 0 Å². The predicted molar refractivity (Wildman–Crippen MR) is 71.3 cm³/mol. The molecule has 0 saturated heterocycles. The van der Waals surface area contributed by atoms with Crippen LogP contribution in [0.4, 0.5) is 11.6 Å². The van der Waals surface area contributed by atoms with Gasteiger partial charge in [-0.05, 0) is 6.42 Å². The van der Waals surface area contributed by atoms with Gasteiger partial charge in [-0.1, -0.05) is 13.3 Å². The molecule has 17 heavy (non-hydrogen) atoms. The van der Waals surface area contributed by atoms with Crippen LogP contribution >= 0.6 is 0 Å². The second-order valence-electron chi connectivity index (χ2n) is 3.65. The van der Waals surface area contributed by atoms with Crippen molar-refractivity contribution in [2.24, 2.45) is 5.84 Å². The lowest BCUT2D eigenvalue weighted by molar-refractivity contribution is 0.687. The van der Waals surface area contributed by atoms with Crippen molar-refractivity contribution < 1.29 is 4.21 Å². The Balaban J connectivity index is 2.78. The van der Waals surface area contributed by atoms with E-state index in [1.54, 1.807) is 6.26 Å². The molecule has 0 aliphatic rings. The van der Waals surface area contributed by atoms with Crippen molar-refractivity contribution in [1.29, 1.82) is 0 Å². The number of nitrogens with two attached hydrogens (primary N) is 1. The van der Waals surface area contributed by atoms with Crippen molar-refractivity contribution in [1.82, 2.24) is 9.97 Å². The standard InChI is InChI=1S/C10H19N5OS/c1-3-4-8-9(12-5-6-17(2)16)13-7-14-10(8)15-11/h7H,3-6,11H2,1-2H3,(H2,12,13,14,15). The van der Waals surface area contributed by atoms with Crippen LogP contribution in [0.25, 0.3) is 0 Å². The number of hydrogen-bond donors (Lipinski definition) is 3. The highest BCUT2D eigenvalue weighted by Gasteiger charge is 2.09. The molecule has 0 radical (unpaired) electrons. The van der Waals surface area contributed by atoms with Gasteiger partial charge in [0, 0.05) is 34.9 Å². The monoisotopic (exact) mass is 257 g/mol. The minimum atomic E-state index is -0.803. The van der Waals surface area contributed by atoms with E-state index >= 15 is 0 Å². The first kappa shape index (κ1) is 13.9. The van der Waals surface area contributed by atoms with E-state index < -0.39 is 10.8 Å². The number of nitrogen functional groups attached to an aromatic ring is 1. The third kappa shape index (κ3) is 4.27. The number of hydrogen-bond acceptors (Lipinski definition) is 6. The lowest BCUT2D eigenvalue weighted by Gasteiger charge is -2.12. The minimum Gasteiger partial charge on any atom is -0.369 e. The zero-order valence-corrected chi connectivity index (χ0v) is 11.0. The largest absolute Gasteiger partial charge is 0.369 e. The van der Waals surface area contributed by atoms with E-state index in [1.165, 1.54) is 6.33 Å². The molecule has 0 aromatic carbocycles. The van der Waals surface area contributed by atoms with Crippen LogP contribution in [0.5, 0.6) is 0 Å². The number of hydrazine groups is 1. The maximum atomic E-state index is 11.0. The molecule has 0 spiro atoms. The van der Waals surface area contributed by atoms with Crippen molar-refractivity contribution in [2.75, 3.05) is 29.3 Å². The van der Waals surface area contributed by atoms with Gasteiger partial charge < -0.3 is 10.7 Å². The number of aromatic nitrogens is 2. The molecule has 6 nitrogen and oxygen atoms in total. The first-order valence-corrected chi connectivity index (χ1v) is 7.26. The molecule has 0 fully saturated rings. The number of rotatable bonds is 7. The fourth-order valence-electron chi connectivity index (χ4n) is 1.49. The van der Waals surface area contributed by atoms with Crippen LogP contribution < -0.4 is 16.6 Å². The molecule has 1 rings (SSSR count). The van der Waals surface area contributed by atoms with E-state index in [0.29, 0.717) is 18.1 Å². The van der Waals surface area contributed by atoms with Gasteiger partial charge in [-0.3, -0.25) is 4.21 Å². The first-order chi connectivity index (χ1) is 8.19. The summed E-state index contributed by atoms with van der Waals surface area (Å²) in [5.41, 5.74) is 3.54. The Morgan fingerprint density at radius 2 is 2.12 bits per heavy atom. The average Bonchev–Trinajstić information content (AvgIpc) is 2.30. The van der Waals surface area contributed by atoms with Crippen LogP contribution in [0, 0.1) is 0 Å². The highest BCUT2D eigenvalue weighted by atomic mass is 32.2. The normalized spacial score (nSPS) is 12.2. The summed E-state index contributed by atoms with van der Waals surface area (Å²) in [6.45, 7) is 2.71. The van der Waals surface area contributed by atoms with Crippen LogP contribution in [0.15, 0.2) is 6.33 Å². The Hall–Kier alpha value is -1.21. The maximum Gasteiger partial charge on any atom is 0.148 e. The topological polar surface area (TPSA) is 92.9 Å². The third-order valence-corrected chi connectivity index (χ3v) is 3.04. The summed E-state index contributed by atoms with van der Waals surface area (Å²) in [6.07, 6.45) is 4.97. The molecule has 0 saturated carbocycles. The van der Waals surface area contributed by atoms with Crippen LogP contribution in [0.1, 0.15) is 18.9 Å². The summed E-state index contributed by atoms with van der Waals surface area (Å²) in [5.74, 6) is 7.41. The summed E-state index contributed by atoms with van der Waals surface area (Å²) in [7, 11) is -0.803. The van der Waals surface area contributed by atoms with Crippen LogP contribution in [0.2, 0.25) is 0 Å². The van der Waals surface area contributed by atoms with E-state index in [0.717, 1.165) is 24.2 Å². The lowest BCUT2D eigenvalue weighted by atomic mass is 10.1. The van der Waals surface area contributed by atoms with Gasteiger partial charge in [0.2, 0.25) is 0 Å². The average molecular weight is 257 g/mol. The Kier molecular flexibility index (Phi) is 5.85. The zero-order valence-electron chi connectivity index (χ0n) is 10.2. The molecule has 0 aliphatic heterocycles. The molecule has 0 amide bonds. The van der Waals surface area contributed by atoms with Gasteiger partial charge in [-0.2, -0.15) is 0 Å². The minimum absolute atomic E-state index is 0.598. The van der Waals surface area contributed by atoms with Gasteiger partial charge in [0.15, 0.2) is 0 Å². The van der Waals surface area contributed by atoms with E-state index in [2.05, 4.69) is 27.6 Å². The lowest BCUT2D eigenvalue weighted by Crippen LogP contribution is -2.16. The van der Waals surface area contributed by atoms with Gasteiger partial charge in [-0.25, -0.2) is 15.8 Å². The predicted octanol–water partition coefficient (Wildman–Crippen LogP) is 0.505. The molecule has 0 aliphatic carbocycles. The van der Waals surface area contributed by atoms with Crippen LogP contribution in [0.3, 0.4) is 0 Å². The molecule has 1 heterocycles. The van der Waals surface area contributed by atoms with Gasteiger partial charge in [0.1, 0.15) is 18.0 Å². The summed E-state index contributed by atoms with van der Waals surface area (Å²) in [4.78, 5) is 8.26. The molecule has 96 valence electrons. The maximum absolute atomic E-state index is 11.0. The van der Waals surface area contributed by atoms with Gasteiger partial charge in [0.25, 0.3) is 0 Å². The smallest absolute Gasteiger partial charge is 0.148 e. The Morgan fingerprint density at radius 1 is 1.41 bits per heavy atom. The van der Waals surface area contributed by atoms with E-state index in [-0.39, 0.29) is 0 Å².